The molecule has 28 heavy (non-hydrogen) atoms. The number of aromatic carboxylic acids is 1. The highest BCUT2D eigenvalue weighted by atomic mass is 19.1. The summed E-state index contributed by atoms with van der Waals surface area (Å²) >= 11 is 0. The Kier molecular flexibility index (Phi) is 3.83. The van der Waals surface area contributed by atoms with E-state index in [4.69, 9.17) is 5.73 Å². The zero-order chi connectivity index (χ0) is 20.4. The number of aromatic hydroxyl groups is 1. The van der Waals surface area contributed by atoms with E-state index >= 15 is 0 Å². The molecule has 6 nitrogen and oxygen atoms in total. The number of rotatable bonds is 3. The normalized spacial score (nSPS) is 15.0. The molecular formula is C21H19FN2O4. The molecule has 0 radical (unpaired) electrons. The zero-order valence-electron chi connectivity index (χ0n) is 15.4. The number of carboxylic acid groups (broad SMARTS) is 1. The van der Waals surface area contributed by atoms with Crippen molar-refractivity contribution in [2.75, 3.05) is 0 Å². The van der Waals surface area contributed by atoms with Crippen molar-refractivity contribution in [2.45, 2.75) is 32.2 Å². The van der Waals surface area contributed by atoms with Crippen molar-refractivity contribution in [3.8, 4) is 11.4 Å². The van der Waals surface area contributed by atoms with Crippen LogP contribution in [0.4, 0.5) is 4.39 Å². The quantitative estimate of drug-likeness (QED) is 0.645. The Bertz CT molecular complexity index is 1230. The molecular weight excluding hydrogens is 363 g/mol. The Balaban J connectivity index is 2.20. The summed E-state index contributed by atoms with van der Waals surface area (Å²) < 4.78 is 16.5. The summed E-state index contributed by atoms with van der Waals surface area (Å²) in [5, 5.41) is 19.2. The van der Waals surface area contributed by atoms with Gasteiger partial charge >= 0.3 is 5.97 Å². The molecule has 0 spiro atoms. The number of carbonyl (C=O) groups is 1. The van der Waals surface area contributed by atoms with Crippen LogP contribution < -0.4 is 11.2 Å². The molecule has 0 unspecified atom stereocenters. The average molecular weight is 382 g/mol. The molecule has 144 valence electrons. The fourth-order valence-electron chi connectivity index (χ4n) is 3.90. The van der Waals surface area contributed by atoms with Gasteiger partial charge in [-0.05, 0) is 62.1 Å². The molecule has 0 atom stereocenters. The number of fused-ring (bicyclic) bond motifs is 1. The summed E-state index contributed by atoms with van der Waals surface area (Å²) in [4.78, 5) is 24.4. The van der Waals surface area contributed by atoms with Gasteiger partial charge in [-0.3, -0.25) is 4.79 Å². The predicted octanol–water partition coefficient (Wildman–Crippen LogP) is 3.10. The number of carboxylic acids is 1. The van der Waals surface area contributed by atoms with Crippen molar-refractivity contribution in [1.29, 1.82) is 0 Å². The maximum absolute atomic E-state index is 14.9. The summed E-state index contributed by atoms with van der Waals surface area (Å²) in [7, 11) is 0. The molecule has 4 N–H and O–H groups in total. The summed E-state index contributed by atoms with van der Waals surface area (Å²) in [5.41, 5.74) is 6.82. The molecule has 4 rings (SSSR count). The van der Waals surface area contributed by atoms with Crippen LogP contribution in [0.25, 0.3) is 16.6 Å². The molecule has 1 aromatic heterocycles. The summed E-state index contributed by atoms with van der Waals surface area (Å²) in [6, 6.07) is 5.71. The number of phenolic OH excluding ortho intramolecular Hbond substituents is 1. The van der Waals surface area contributed by atoms with Crippen molar-refractivity contribution in [3.63, 3.8) is 0 Å². The van der Waals surface area contributed by atoms with Crippen LogP contribution in [0.5, 0.6) is 5.75 Å². The fourth-order valence-corrected chi connectivity index (χ4v) is 3.90. The van der Waals surface area contributed by atoms with E-state index in [1.165, 1.54) is 18.3 Å². The molecule has 7 heteroatoms. The Labute approximate surface area is 159 Å². The van der Waals surface area contributed by atoms with Crippen molar-refractivity contribution in [2.24, 2.45) is 5.73 Å². The van der Waals surface area contributed by atoms with Crippen molar-refractivity contribution < 1.29 is 19.4 Å². The summed E-state index contributed by atoms with van der Waals surface area (Å²) in [6.45, 7) is 3.45. The summed E-state index contributed by atoms with van der Waals surface area (Å²) in [5.74, 6) is -1.93. The van der Waals surface area contributed by atoms with Crippen LogP contribution in [0.1, 0.15) is 39.9 Å². The molecule has 0 aliphatic heterocycles. The minimum atomic E-state index is -1.39. The van der Waals surface area contributed by atoms with Crippen molar-refractivity contribution in [1.82, 2.24) is 4.57 Å². The van der Waals surface area contributed by atoms with Gasteiger partial charge in [0.25, 0.3) is 0 Å². The van der Waals surface area contributed by atoms with Crippen molar-refractivity contribution >= 4 is 16.9 Å². The lowest BCUT2D eigenvalue weighted by molar-refractivity contribution is 0.0695. The van der Waals surface area contributed by atoms with Crippen molar-refractivity contribution in [3.05, 3.63) is 68.8 Å². The number of aromatic nitrogens is 1. The third kappa shape index (κ3) is 2.58. The molecule has 0 bridgehead atoms. The lowest BCUT2D eigenvalue weighted by Crippen LogP contribution is -2.25. The molecule has 2 aromatic carbocycles. The van der Waals surface area contributed by atoms with Crippen LogP contribution >= 0.6 is 0 Å². The third-order valence-electron chi connectivity index (χ3n) is 5.44. The standard InChI is InChI=1S/C21H19FN2O4/c1-10-7-12(25)3-4-16(10)24-9-14(20(27)28)19(26)13-8-15(22)17(11(2)18(13)24)21(23)5-6-21/h3-4,7-9,25H,5-6,23H2,1-2H3,(H,27,28). The number of pyridine rings is 1. The predicted molar refractivity (Wildman–Crippen MR) is 103 cm³/mol. The zero-order valence-corrected chi connectivity index (χ0v) is 15.4. The highest BCUT2D eigenvalue weighted by molar-refractivity contribution is 5.94. The number of hydrogen-bond donors (Lipinski definition) is 3. The van der Waals surface area contributed by atoms with Gasteiger partial charge in [-0.15, -0.1) is 0 Å². The molecule has 1 aliphatic carbocycles. The second-order valence-electron chi connectivity index (χ2n) is 7.43. The largest absolute Gasteiger partial charge is 0.508 e. The first-order valence-electron chi connectivity index (χ1n) is 8.85. The molecule has 1 aliphatic rings. The van der Waals surface area contributed by atoms with Gasteiger partial charge in [0.2, 0.25) is 5.43 Å². The summed E-state index contributed by atoms with van der Waals surface area (Å²) in [6.07, 6.45) is 2.54. The first-order chi connectivity index (χ1) is 13.1. The number of hydrogen-bond acceptors (Lipinski definition) is 4. The van der Waals surface area contributed by atoms with Crippen LogP contribution in [0.2, 0.25) is 0 Å². The van der Waals surface area contributed by atoms with Gasteiger partial charge in [0.05, 0.1) is 10.9 Å². The van der Waals surface area contributed by atoms with E-state index in [9.17, 15) is 24.2 Å². The first kappa shape index (κ1) is 18.2. The molecule has 3 aromatic rings. The average Bonchev–Trinajstić information content (AvgIpc) is 3.34. The van der Waals surface area contributed by atoms with Crippen LogP contribution in [-0.4, -0.2) is 20.7 Å². The van der Waals surface area contributed by atoms with Crippen LogP contribution in [0, 0.1) is 19.7 Å². The number of halogens is 1. The van der Waals surface area contributed by atoms with E-state index in [-0.39, 0.29) is 11.1 Å². The highest BCUT2D eigenvalue weighted by Crippen LogP contribution is 2.46. The number of benzene rings is 2. The van der Waals surface area contributed by atoms with Gasteiger partial charge in [-0.1, -0.05) is 0 Å². The lowest BCUT2D eigenvalue weighted by Gasteiger charge is -2.21. The van der Waals surface area contributed by atoms with Gasteiger partial charge in [-0.25, -0.2) is 9.18 Å². The molecule has 0 amide bonds. The Morgan fingerprint density at radius 2 is 1.93 bits per heavy atom. The maximum Gasteiger partial charge on any atom is 0.341 e. The van der Waals surface area contributed by atoms with E-state index < -0.39 is 28.3 Å². The molecule has 1 fully saturated rings. The van der Waals surface area contributed by atoms with Crippen LogP contribution in [-0.2, 0) is 5.54 Å². The maximum atomic E-state index is 14.9. The third-order valence-corrected chi connectivity index (χ3v) is 5.44. The minimum absolute atomic E-state index is 0.0182. The number of nitrogens with two attached hydrogens (primary N) is 1. The smallest absolute Gasteiger partial charge is 0.341 e. The van der Waals surface area contributed by atoms with E-state index in [1.54, 1.807) is 24.5 Å². The van der Waals surface area contributed by atoms with E-state index in [1.807, 2.05) is 0 Å². The lowest BCUT2D eigenvalue weighted by atomic mass is 9.95. The van der Waals surface area contributed by atoms with Crippen LogP contribution in [0.3, 0.4) is 0 Å². The number of nitrogens with zero attached hydrogens (tertiary/aromatic N) is 1. The van der Waals surface area contributed by atoms with E-state index in [2.05, 4.69) is 0 Å². The van der Waals surface area contributed by atoms with Gasteiger partial charge in [0.1, 0.15) is 17.1 Å². The van der Waals surface area contributed by atoms with Gasteiger partial charge in [0.15, 0.2) is 0 Å². The van der Waals surface area contributed by atoms with Crippen LogP contribution in [0.15, 0.2) is 35.3 Å². The van der Waals surface area contributed by atoms with E-state index in [0.717, 1.165) is 6.07 Å². The van der Waals surface area contributed by atoms with Gasteiger partial charge < -0.3 is 20.5 Å². The second-order valence-corrected chi connectivity index (χ2v) is 7.43. The Hall–Kier alpha value is -3.19. The monoisotopic (exact) mass is 382 g/mol. The molecule has 1 saturated carbocycles. The number of phenols is 1. The van der Waals surface area contributed by atoms with E-state index in [0.29, 0.717) is 40.7 Å². The number of aryl methyl sites for hydroxylation is 2. The fraction of sp³-hybridized carbons (Fsp3) is 0.238. The molecule has 0 saturated heterocycles. The Morgan fingerprint density at radius 3 is 2.50 bits per heavy atom. The minimum Gasteiger partial charge on any atom is -0.508 e. The SMILES string of the molecule is Cc1cc(O)ccc1-n1cc(C(=O)O)c(=O)c2cc(F)c(C3(N)CC3)c(C)c21. The Morgan fingerprint density at radius 1 is 1.25 bits per heavy atom. The first-order valence-corrected chi connectivity index (χ1v) is 8.85. The van der Waals surface area contributed by atoms with Gasteiger partial charge in [-0.2, -0.15) is 0 Å². The highest BCUT2D eigenvalue weighted by Gasteiger charge is 2.44. The topological polar surface area (TPSA) is 106 Å². The second kappa shape index (κ2) is 5.90. The van der Waals surface area contributed by atoms with Gasteiger partial charge in [0, 0.05) is 23.0 Å². The molecule has 1 heterocycles.